The van der Waals surface area contributed by atoms with E-state index < -0.39 is 0 Å². The minimum Gasteiger partial charge on any atom is -0.489 e. The quantitative estimate of drug-likeness (QED) is 0.685. The maximum absolute atomic E-state index is 9.61. The lowest BCUT2D eigenvalue weighted by molar-refractivity contribution is 0.306. The molecule has 1 saturated carbocycles. The summed E-state index contributed by atoms with van der Waals surface area (Å²) in [6, 6.07) is 20.2. The second-order valence-corrected chi connectivity index (χ2v) is 7.08. The molecule has 2 aromatic carbocycles. The van der Waals surface area contributed by atoms with Crippen molar-refractivity contribution in [3.8, 4) is 17.5 Å². The molecule has 0 saturated heterocycles. The number of nitrogen functional groups attached to an aromatic ring is 1. The van der Waals surface area contributed by atoms with E-state index >= 15 is 0 Å². The standard InChI is InChI=1S/C23H23N3O/c24-14-22-23(25)21(18-8-4-5-9-18)15-26(22)19-10-12-20(13-11-19)27-16-17-6-2-1-3-7-17/h1-3,6-7,10-13,15,18H,4-5,8-9,16,25H2. The fourth-order valence-electron chi connectivity index (χ4n) is 3.86. The average molecular weight is 357 g/mol. The fourth-order valence-corrected chi connectivity index (χ4v) is 3.86. The Hall–Kier alpha value is -3.19. The molecule has 1 aliphatic carbocycles. The maximum Gasteiger partial charge on any atom is 0.148 e. The lowest BCUT2D eigenvalue weighted by Gasteiger charge is -2.09. The van der Waals surface area contributed by atoms with Crippen LogP contribution in [-0.4, -0.2) is 4.57 Å². The molecule has 4 nitrogen and oxygen atoms in total. The summed E-state index contributed by atoms with van der Waals surface area (Å²) in [5.41, 5.74) is 10.6. The largest absolute Gasteiger partial charge is 0.489 e. The van der Waals surface area contributed by atoms with E-state index in [1.807, 2.05) is 65.4 Å². The number of anilines is 1. The van der Waals surface area contributed by atoms with E-state index in [1.165, 1.54) is 12.8 Å². The first-order valence-electron chi connectivity index (χ1n) is 9.44. The van der Waals surface area contributed by atoms with Crippen molar-refractivity contribution in [2.75, 3.05) is 5.73 Å². The van der Waals surface area contributed by atoms with Crippen LogP contribution in [0.1, 0.15) is 48.4 Å². The molecule has 1 aromatic heterocycles. The Labute approximate surface area is 159 Å². The second-order valence-electron chi connectivity index (χ2n) is 7.08. The number of rotatable bonds is 5. The van der Waals surface area contributed by atoms with E-state index in [1.54, 1.807) is 0 Å². The molecule has 0 atom stereocenters. The van der Waals surface area contributed by atoms with Gasteiger partial charge < -0.3 is 15.0 Å². The third-order valence-corrected chi connectivity index (χ3v) is 5.34. The van der Waals surface area contributed by atoms with E-state index in [-0.39, 0.29) is 0 Å². The van der Waals surface area contributed by atoms with Crippen LogP contribution in [0.4, 0.5) is 5.69 Å². The highest BCUT2D eigenvalue weighted by Crippen LogP contribution is 2.39. The number of hydrogen-bond acceptors (Lipinski definition) is 3. The molecular formula is C23H23N3O. The highest BCUT2D eigenvalue weighted by molar-refractivity contribution is 5.62. The van der Waals surface area contributed by atoms with Crippen LogP contribution in [0.5, 0.6) is 5.75 Å². The van der Waals surface area contributed by atoms with Gasteiger partial charge in [0.1, 0.15) is 24.1 Å². The monoisotopic (exact) mass is 357 g/mol. The van der Waals surface area contributed by atoms with Crippen LogP contribution in [0.15, 0.2) is 60.8 Å². The summed E-state index contributed by atoms with van der Waals surface area (Å²) in [6.45, 7) is 0.534. The van der Waals surface area contributed by atoms with Crippen molar-refractivity contribution in [3.05, 3.63) is 77.6 Å². The first-order chi connectivity index (χ1) is 13.3. The Bertz CT molecular complexity index is 946. The minimum absolute atomic E-state index is 0.479. The summed E-state index contributed by atoms with van der Waals surface area (Å²) in [6.07, 6.45) is 6.84. The van der Waals surface area contributed by atoms with Gasteiger partial charge in [-0.05, 0) is 54.2 Å². The van der Waals surface area contributed by atoms with E-state index in [9.17, 15) is 5.26 Å². The van der Waals surface area contributed by atoms with Crippen LogP contribution in [0.2, 0.25) is 0 Å². The van der Waals surface area contributed by atoms with E-state index in [2.05, 4.69) is 6.07 Å². The molecule has 4 rings (SSSR count). The van der Waals surface area contributed by atoms with Crippen molar-refractivity contribution in [1.29, 1.82) is 5.26 Å². The molecule has 1 heterocycles. The van der Waals surface area contributed by atoms with Crippen molar-refractivity contribution in [1.82, 2.24) is 4.57 Å². The lowest BCUT2D eigenvalue weighted by Crippen LogP contribution is -1.99. The van der Waals surface area contributed by atoms with Crippen molar-refractivity contribution in [3.63, 3.8) is 0 Å². The van der Waals surface area contributed by atoms with E-state index in [0.29, 0.717) is 23.9 Å². The predicted octanol–water partition coefficient (Wildman–Crippen LogP) is 5.17. The van der Waals surface area contributed by atoms with Crippen molar-refractivity contribution in [2.45, 2.75) is 38.2 Å². The zero-order valence-corrected chi connectivity index (χ0v) is 15.3. The molecule has 2 N–H and O–H groups in total. The second kappa shape index (κ2) is 7.59. The SMILES string of the molecule is N#Cc1c(N)c(C2CCCC2)cn1-c1ccc(OCc2ccccc2)cc1. The highest BCUT2D eigenvalue weighted by atomic mass is 16.5. The zero-order chi connectivity index (χ0) is 18.6. The number of hydrogen-bond donors (Lipinski definition) is 1. The van der Waals surface area contributed by atoms with Gasteiger partial charge >= 0.3 is 0 Å². The van der Waals surface area contributed by atoms with Gasteiger partial charge in [0, 0.05) is 11.9 Å². The smallest absolute Gasteiger partial charge is 0.148 e. The Morgan fingerprint density at radius 3 is 2.41 bits per heavy atom. The molecule has 4 heteroatoms. The first kappa shape index (κ1) is 17.2. The predicted molar refractivity (Wildman–Crippen MR) is 107 cm³/mol. The van der Waals surface area contributed by atoms with Gasteiger partial charge in [0.15, 0.2) is 0 Å². The molecule has 0 spiro atoms. The van der Waals surface area contributed by atoms with Gasteiger partial charge in [-0.25, -0.2) is 0 Å². The highest BCUT2D eigenvalue weighted by Gasteiger charge is 2.24. The van der Waals surface area contributed by atoms with Gasteiger partial charge in [0.05, 0.1) is 5.69 Å². The molecule has 0 aliphatic heterocycles. The van der Waals surface area contributed by atoms with Crippen molar-refractivity contribution < 1.29 is 4.74 Å². The summed E-state index contributed by atoms with van der Waals surface area (Å²) < 4.78 is 7.76. The number of ether oxygens (including phenoxy) is 1. The normalized spacial score (nSPS) is 14.2. The number of benzene rings is 2. The molecule has 0 bridgehead atoms. The molecule has 0 unspecified atom stereocenters. The summed E-state index contributed by atoms with van der Waals surface area (Å²) in [5, 5.41) is 9.61. The fraction of sp³-hybridized carbons (Fsp3) is 0.261. The Morgan fingerprint density at radius 1 is 1.04 bits per heavy atom. The maximum atomic E-state index is 9.61. The molecule has 1 aliphatic rings. The van der Waals surface area contributed by atoms with Crippen LogP contribution in [0.25, 0.3) is 5.69 Å². The third kappa shape index (κ3) is 3.54. The van der Waals surface area contributed by atoms with Gasteiger partial charge in [-0.2, -0.15) is 5.26 Å². The summed E-state index contributed by atoms with van der Waals surface area (Å²) >= 11 is 0. The van der Waals surface area contributed by atoms with Gasteiger partial charge in [-0.1, -0.05) is 43.2 Å². The molecule has 1 fully saturated rings. The van der Waals surface area contributed by atoms with Gasteiger partial charge in [0.25, 0.3) is 0 Å². The van der Waals surface area contributed by atoms with Crippen molar-refractivity contribution >= 4 is 5.69 Å². The average Bonchev–Trinajstić information content (AvgIpc) is 3.35. The van der Waals surface area contributed by atoms with Crippen LogP contribution in [0, 0.1) is 11.3 Å². The van der Waals surface area contributed by atoms with E-state index in [0.717, 1.165) is 35.4 Å². The van der Waals surface area contributed by atoms with Gasteiger partial charge in [-0.15, -0.1) is 0 Å². The number of nitrogens with zero attached hydrogens (tertiary/aromatic N) is 2. The molecule has 27 heavy (non-hydrogen) atoms. The summed E-state index contributed by atoms with van der Waals surface area (Å²) in [5.74, 6) is 1.28. The topological polar surface area (TPSA) is 64.0 Å². The molecular weight excluding hydrogens is 334 g/mol. The van der Waals surface area contributed by atoms with Crippen molar-refractivity contribution in [2.24, 2.45) is 0 Å². The Balaban J connectivity index is 1.55. The molecule has 3 aromatic rings. The summed E-state index contributed by atoms with van der Waals surface area (Å²) in [4.78, 5) is 0. The number of nitrogens with two attached hydrogens (primary N) is 1. The third-order valence-electron chi connectivity index (χ3n) is 5.34. The molecule has 136 valence electrons. The summed E-state index contributed by atoms with van der Waals surface area (Å²) in [7, 11) is 0. The van der Waals surface area contributed by atoms with Crippen LogP contribution >= 0.6 is 0 Å². The van der Waals surface area contributed by atoms with Crippen LogP contribution < -0.4 is 10.5 Å². The Kier molecular flexibility index (Phi) is 4.84. The molecule has 0 radical (unpaired) electrons. The van der Waals surface area contributed by atoms with Crippen LogP contribution in [0.3, 0.4) is 0 Å². The Morgan fingerprint density at radius 2 is 1.74 bits per heavy atom. The van der Waals surface area contributed by atoms with E-state index in [4.69, 9.17) is 10.5 Å². The van der Waals surface area contributed by atoms with Gasteiger partial charge in [-0.3, -0.25) is 0 Å². The first-order valence-corrected chi connectivity index (χ1v) is 9.44. The lowest BCUT2D eigenvalue weighted by atomic mass is 9.99. The van der Waals surface area contributed by atoms with Gasteiger partial charge in [0.2, 0.25) is 0 Å². The molecule has 0 amide bonds. The zero-order valence-electron chi connectivity index (χ0n) is 15.3. The minimum atomic E-state index is 0.479. The van der Waals surface area contributed by atoms with Crippen LogP contribution in [-0.2, 0) is 6.61 Å². The number of nitriles is 1. The number of aromatic nitrogens is 1.